The fourth-order valence-corrected chi connectivity index (χ4v) is 0.922. The van der Waals surface area contributed by atoms with E-state index in [4.69, 9.17) is 0 Å². The molecule has 0 saturated carbocycles. The molecule has 0 aliphatic rings. The molecular weight excluding hydrogens is 182 g/mol. The van der Waals surface area contributed by atoms with Crippen LogP contribution in [-0.4, -0.2) is 25.0 Å². The standard InChI is InChI=1S/C8H19N.C4H10.C2H6/c1-4-6-8-9(3)7-5-2;1-4(2)3;1-2/h4-8H2,1-3H3;4H,1-3H3;1-2H3. The van der Waals surface area contributed by atoms with Crippen molar-refractivity contribution < 1.29 is 0 Å². The van der Waals surface area contributed by atoms with Gasteiger partial charge >= 0.3 is 0 Å². The first kappa shape index (κ1) is 20.4. The Morgan fingerprint density at radius 3 is 1.53 bits per heavy atom. The normalized spacial score (nSPS) is 9.20. The molecule has 0 heterocycles. The molecule has 96 valence electrons. The molecule has 0 aromatic rings. The van der Waals surface area contributed by atoms with Gasteiger partial charge in [-0.1, -0.05) is 54.9 Å². The molecule has 0 saturated heterocycles. The second kappa shape index (κ2) is 19.5. The number of hydrogen-bond acceptors (Lipinski definition) is 1. The first-order valence-corrected chi connectivity index (χ1v) is 6.73. The van der Waals surface area contributed by atoms with E-state index >= 15 is 0 Å². The van der Waals surface area contributed by atoms with Gasteiger partial charge in [0.2, 0.25) is 0 Å². The van der Waals surface area contributed by atoms with Gasteiger partial charge in [-0.05, 0) is 38.9 Å². The third-order valence-electron chi connectivity index (χ3n) is 1.50. The van der Waals surface area contributed by atoms with Crippen LogP contribution in [0.2, 0.25) is 0 Å². The van der Waals surface area contributed by atoms with E-state index in [2.05, 4.69) is 46.6 Å². The van der Waals surface area contributed by atoms with E-state index in [-0.39, 0.29) is 0 Å². The molecule has 0 fully saturated rings. The lowest BCUT2D eigenvalue weighted by Gasteiger charge is -2.13. The first-order valence-electron chi connectivity index (χ1n) is 6.73. The van der Waals surface area contributed by atoms with Crippen molar-refractivity contribution in [3.8, 4) is 0 Å². The Morgan fingerprint density at radius 1 is 0.867 bits per heavy atom. The van der Waals surface area contributed by atoms with Crippen molar-refractivity contribution in [2.75, 3.05) is 20.1 Å². The highest BCUT2D eigenvalue weighted by Crippen LogP contribution is 1.91. The van der Waals surface area contributed by atoms with Crippen molar-refractivity contribution in [3.63, 3.8) is 0 Å². The minimum absolute atomic E-state index is 0.833. The Kier molecular flexibility index (Phi) is 26.5. The van der Waals surface area contributed by atoms with Crippen LogP contribution < -0.4 is 0 Å². The molecule has 0 rings (SSSR count). The van der Waals surface area contributed by atoms with Gasteiger partial charge in [0.1, 0.15) is 0 Å². The smallest absolute Gasteiger partial charge is 0.00219 e. The summed E-state index contributed by atoms with van der Waals surface area (Å²) in [6, 6.07) is 0. The summed E-state index contributed by atoms with van der Waals surface area (Å²) in [5, 5.41) is 0. The molecule has 0 aromatic heterocycles. The highest BCUT2D eigenvalue weighted by Gasteiger charge is 1.92. The van der Waals surface area contributed by atoms with Gasteiger partial charge in [0.15, 0.2) is 0 Å². The average molecular weight is 217 g/mol. The summed E-state index contributed by atoms with van der Waals surface area (Å²) in [6.45, 7) is 17.5. The summed E-state index contributed by atoms with van der Waals surface area (Å²) >= 11 is 0. The largest absolute Gasteiger partial charge is 0.306 e. The molecule has 0 aromatic carbocycles. The van der Waals surface area contributed by atoms with Crippen LogP contribution >= 0.6 is 0 Å². The molecule has 1 heteroatoms. The fourth-order valence-electron chi connectivity index (χ4n) is 0.922. The van der Waals surface area contributed by atoms with Gasteiger partial charge in [-0.25, -0.2) is 0 Å². The molecular formula is C14H35N. The molecule has 0 bridgehead atoms. The highest BCUT2D eigenvalue weighted by molar-refractivity contribution is 4.47. The van der Waals surface area contributed by atoms with Crippen LogP contribution in [0.5, 0.6) is 0 Å². The number of hydrogen-bond donors (Lipinski definition) is 0. The maximum absolute atomic E-state index is 2.39. The van der Waals surface area contributed by atoms with Crippen LogP contribution in [0.3, 0.4) is 0 Å². The van der Waals surface area contributed by atoms with Gasteiger partial charge in [-0.2, -0.15) is 0 Å². The van der Waals surface area contributed by atoms with Crippen molar-refractivity contribution in [1.82, 2.24) is 4.90 Å². The summed E-state index contributed by atoms with van der Waals surface area (Å²) in [5.41, 5.74) is 0. The predicted molar refractivity (Wildman–Crippen MR) is 74.6 cm³/mol. The zero-order chi connectivity index (χ0) is 12.7. The third kappa shape index (κ3) is 41.2. The van der Waals surface area contributed by atoms with E-state index in [1.807, 2.05) is 13.8 Å². The number of nitrogens with zero attached hydrogens (tertiary/aromatic N) is 1. The van der Waals surface area contributed by atoms with Crippen LogP contribution in [-0.2, 0) is 0 Å². The molecule has 0 unspecified atom stereocenters. The summed E-state index contributed by atoms with van der Waals surface area (Å²) in [4.78, 5) is 2.39. The molecule has 0 atom stereocenters. The molecule has 0 aliphatic carbocycles. The summed E-state index contributed by atoms with van der Waals surface area (Å²) in [7, 11) is 2.19. The van der Waals surface area contributed by atoms with Gasteiger partial charge in [0, 0.05) is 0 Å². The van der Waals surface area contributed by atoms with Gasteiger partial charge in [0.05, 0.1) is 0 Å². The van der Waals surface area contributed by atoms with Crippen LogP contribution in [0.4, 0.5) is 0 Å². The first-order chi connectivity index (χ1) is 7.04. The molecule has 0 N–H and O–H groups in total. The third-order valence-corrected chi connectivity index (χ3v) is 1.50. The zero-order valence-corrected chi connectivity index (χ0v) is 12.6. The van der Waals surface area contributed by atoms with Crippen molar-refractivity contribution in [3.05, 3.63) is 0 Å². The van der Waals surface area contributed by atoms with Gasteiger partial charge < -0.3 is 4.90 Å². The second-order valence-electron chi connectivity index (χ2n) is 4.39. The minimum Gasteiger partial charge on any atom is -0.306 e. The van der Waals surface area contributed by atoms with Crippen LogP contribution in [0, 0.1) is 5.92 Å². The van der Waals surface area contributed by atoms with E-state index in [0.29, 0.717) is 0 Å². The lowest BCUT2D eigenvalue weighted by Crippen LogP contribution is -2.19. The summed E-state index contributed by atoms with van der Waals surface area (Å²) < 4.78 is 0. The molecule has 0 amide bonds. The van der Waals surface area contributed by atoms with Gasteiger partial charge in [-0.15, -0.1) is 0 Å². The SMILES string of the molecule is CC.CC(C)C.CCCCN(C)CCC. The fraction of sp³-hybridized carbons (Fsp3) is 1.00. The maximum atomic E-state index is 2.39. The van der Waals surface area contributed by atoms with Crippen molar-refractivity contribution in [2.24, 2.45) is 5.92 Å². The Morgan fingerprint density at radius 2 is 1.27 bits per heavy atom. The van der Waals surface area contributed by atoms with E-state index in [1.54, 1.807) is 0 Å². The monoisotopic (exact) mass is 217 g/mol. The molecule has 0 spiro atoms. The second-order valence-corrected chi connectivity index (χ2v) is 4.39. The Bertz CT molecular complexity index is 76.7. The zero-order valence-electron chi connectivity index (χ0n) is 12.6. The highest BCUT2D eigenvalue weighted by atomic mass is 15.1. The molecule has 0 radical (unpaired) electrons. The van der Waals surface area contributed by atoms with E-state index in [9.17, 15) is 0 Å². The number of rotatable bonds is 5. The lowest BCUT2D eigenvalue weighted by molar-refractivity contribution is 0.329. The Balaban J connectivity index is -0.000000202. The van der Waals surface area contributed by atoms with Crippen molar-refractivity contribution in [2.45, 2.75) is 67.7 Å². The van der Waals surface area contributed by atoms with Gasteiger partial charge in [-0.3, -0.25) is 0 Å². The predicted octanol–water partition coefficient (Wildman–Crippen LogP) is 4.82. The topological polar surface area (TPSA) is 3.24 Å². The molecule has 1 nitrogen and oxygen atoms in total. The van der Waals surface area contributed by atoms with Crippen molar-refractivity contribution in [1.29, 1.82) is 0 Å². The minimum atomic E-state index is 0.833. The van der Waals surface area contributed by atoms with E-state index < -0.39 is 0 Å². The van der Waals surface area contributed by atoms with Crippen LogP contribution in [0.1, 0.15) is 67.7 Å². The average Bonchev–Trinajstić information content (AvgIpc) is 2.17. The van der Waals surface area contributed by atoms with Crippen molar-refractivity contribution >= 4 is 0 Å². The Labute approximate surface area is 99.3 Å². The van der Waals surface area contributed by atoms with E-state index in [0.717, 1.165) is 5.92 Å². The van der Waals surface area contributed by atoms with Crippen LogP contribution in [0.25, 0.3) is 0 Å². The quantitative estimate of drug-likeness (QED) is 0.638. The number of unbranched alkanes of at least 4 members (excludes halogenated alkanes) is 1. The Hall–Kier alpha value is -0.0400. The molecule has 0 aliphatic heterocycles. The lowest BCUT2D eigenvalue weighted by atomic mass is 10.3. The maximum Gasteiger partial charge on any atom is -0.00219 e. The van der Waals surface area contributed by atoms with E-state index in [1.165, 1.54) is 32.4 Å². The van der Waals surface area contributed by atoms with Crippen LogP contribution in [0.15, 0.2) is 0 Å². The molecule has 15 heavy (non-hydrogen) atoms. The van der Waals surface area contributed by atoms with Gasteiger partial charge in [0.25, 0.3) is 0 Å². The summed E-state index contributed by atoms with van der Waals surface area (Å²) in [5.74, 6) is 0.833. The summed E-state index contributed by atoms with van der Waals surface area (Å²) in [6.07, 6.45) is 3.94.